The van der Waals surface area contributed by atoms with Crippen molar-refractivity contribution >= 4 is 33.8 Å². The molecule has 2 saturated heterocycles. The van der Waals surface area contributed by atoms with E-state index in [1.54, 1.807) is 17.0 Å². The highest BCUT2D eigenvalue weighted by Crippen LogP contribution is 2.29. The Labute approximate surface area is 239 Å². The number of primary amides is 1. The van der Waals surface area contributed by atoms with Crippen molar-refractivity contribution < 1.29 is 27.9 Å². The molecule has 0 aliphatic carbocycles. The first-order chi connectivity index (χ1) is 19.5. The molecule has 2 aromatic rings. The summed E-state index contributed by atoms with van der Waals surface area (Å²) in [7, 11) is -4.31. The Morgan fingerprint density at radius 2 is 1.61 bits per heavy atom. The van der Waals surface area contributed by atoms with Gasteiger partial charge in [0.25, 0.3) is 0 Å². The molecule has 13 heteroatoms. The number of likely N-dealkylation sites (tertiary alicyclic amines) is 2. The fourth-order valence-electron chi connectivity index (χ4n) is 5.58. The number of amides is 2. The predicted molar refractivity (Wildman–Crippen MR) is 151 cm³/mol. The van der Waals surface area contributed by atoms with Crippen molar-refractivity contribution in [3.63, 3.8) is 0 Å². The van der Waals surface area contributed by atoms with Crippen LogP contribution in [-0.2, 0) is 26.0 Å². The minimum Gasteiger partial charge on any atom is -0.478 e. The van der Waals surface area contributed by atoms with Gasteiger partial charge in [-0.05, 0) is 67.9 Å². The van der Waals surface area contributed by atoms with E-state index in [0.29, 0.717) is 38.8 Å². The third-order valence-corrected chi connectivity index (χ3v) is 9.76. The first kappa shape index (κ1) is 30.0. The topological polar surface area (TPSA) is 191 Å². The highest BCUT2D eigenvalue weighted by Gasteiger charge is 2.43. The third kappa shape index (κ3) is 6.85. The number of carbonyl (C=O) groups excluding carboxylic acids is 2. The monoisotopic (exact) mass is 584 g/mol. The molecule has 2 aliphatic rings. The molecule has 2 aromatic carbocycles. The molecule has 4 rings (SSSR count). The molecule has 0 radical (unpaired) electrons. The van der Waals surface area contributed by atoms with E-state index in [4.69, 9.17) is 16.9 Å². The Morgan fingerprint density at radius 1 is 0.976 bits per heavy atom. The second kappa shape index (κ2) is 12.7. The highest BCUT2D eigenvalue weighted by molar-refractivity contribution is 7.89. The number of nitrogens with zero attached hydrogens (tertiary/aromatic N) is 3. The zero-order chi connectivity index (χ0) is 29.7. The van der Waals surface area contributed by atoms with Crippen LogP contribution in [-0.4, -0.2) is 89.6 Å². The van der Waals surface area contributed by atoms with Gasteiger partial charge in [0.2, 0.25) is 21.8 Å². The van der Waals surface area contributed by atoms with Gasteiger partial charge in [-0.2, -0.15) is 4.31 Å². The zero-order valence-corrected chi connectivity index (χ0v) is 23.5. The predicted octanol–water partition coefficient (Wildman–Crippen LogP) is 1.07. The van der Waals surface area contributed by atoms with Crippen LogP contribution < -0.4 is 11.5 Å². The van der Waals surface area contributed by atoms with Crippen molar-refractivity contribution in [1.82, 2.24) is 14.1 Å². The number of nitrogens with one attached hydrogen (secondary N) is 1. The number of nitrogens with two attached hydrogens (primary N) is 2. The summed E-state index contributed by atoms with van der Waals surface area (Å²) in [5, 5.41) is 17.0. The summed E-state index contributed by atoms with van der Waals surface area (Å²) < 4.78 is 29.8. The molecule has 0 bridgehead atoms. The third-order valence-electron chi connectivity index (χ3n) is 7.87. The summed E-state index contributed by atoms with van der Waals surface area (Å²) in [5.74, 6) is -2.50. The quantitative estimate of drug-likeness (QED) is 0.235. The highest BCUT2D eigenvalue weighted by atomic mass is 32.2. The van der Waals surface area contributed by atoms with Gasteiger partial charge in [-0.1, -0.05) is 30.3 Å². The van der Waals surface area contributed by atoms with E-state index in [1.807, 2.05) is 18.2 Å². The number of benzene rings is 2. The first-order valence-electron chi connectivity index (χ1n) is 13.6. The lowest BCUT2D eigenvalue weighted by molar-refractivity contribution is -0.140. The zero-order valence-electron chi connectivity index (χ0n) is 22.7. The molecular weight excluding hydrogens is 548 g/mol. The maximum Gasteiger partial charge on any atom is 0.335 e. The van der Waals surface area contributed by atoms with Gasteiger partial charge in [-0.3, -0.25) is 15.0 Å². The normalized spacial score (nSPS) is 18.8. The molecular formula is C28H36N6O6S. The molecule has 0 spiro atoms. The molecule has 0 unspecified atom stereocenters. The second-order valence-electron chi connectivity index (χ2n) is 10.5. The molecule has 12 nitrogen and oxygen atoms in total. The van der Waals surface area contributed by atoms with Gasteiger partial charge in [0, 0.05) is 26.2 Å². The maximum absolute atomic E-state index is 14.3. The summed E-state index contributed by atoms with van der Waals surface area (Å²) in [6.45, 7) is 1.27. The lowest BCUT2D eigenvalue weighted by atomic mass is 9.95. The minimum absolute atomic E-state index is 0.0209. The van der Waals surface area contributed by atoms with Crippen molar-refractivity contribution in [2.24, 2.45) is 17.4 Å². The Bertz CT molecular complexity index is 1380. The molecule has 2 heterocycles. The number of piperidine rings is 1. The molecule has 2 atom stereocenters. The second-order valence-corrected chi connectivity index (χ2v) is 12.4. The van der Waals surface area contributed by atoms with Crippen LogP contribution in [0.5, 0.6) is 0 Å². The van der Waals surface area contributed by atoms with Crippen molar-refractivity contribution in [3.05, 3.63) is 65.7 Å². The van der Waals surface area contributed by atoms with Gasteiger partial charge < -0.3 is 26.4 Å². The summed E-state index contributed by atoms with van der Waals surface area (Å²) >= 11 is 0. The van der Waals surface area contributed by atoms with Gasteiger partial charge in [0.05, 0.1) is 10.5 Å². The molecule has 41 heavy (non-hydrogen) atoms. The van der Waals surface area contributed by atoms with Crippen molar-refractivity contribution in [1.29, 1.82) is 5.41 Å². The number of guanidine groups is 1. The molecule has 0 saturated carbocycles. The summed E-state index contributed by atoms with van der Waals surface area (Å²) in [6.07, 6.45) is 2.17. The Kier molecular flexibility index (Phi) is 9.28. The number of aromatic carboxylic acids is 1. The first-order valence-corrected chi connectivity index (χ1v) is 15.0. The van der Waals surface area contributed by atoms with Gasteiger partial charge >= 0.3 is 5.97 Å². The fourth-order valence-corrected chi connectivity index (χ4v) is 7.23. The standard InChI is InChI=1S/C28H36N6O6S/c29-25(35)23-7-4-14-33(23)26(36)24(17-19-5-2-1-3-6-19)34(18-20-12-15-32(16-13-20)28(30)31)41(39,40)22-10-8-21(9-11-22)27(37)38/h1-3,5-6,8-11,20,23-24H,4,7,12-18H2,(H2,29,35)(H3,30,31)(H,37,38)/t23-,24+/m0/s1. The van der Waals surface area contributed by atoms with Crippen LogP contribution in [0.2, 0.25) is 0 Å². The van der Waals surface area contributed by atoms with E-state index in [9.17, 15) is 27.9 Å². The number of carbonyl (C=O) groups is 3. The lowest BCUT2D eigenvalue weighted by Gasteiger charge is -2.38. The van der Waals surface area contributed by atoms with E-state index in [0.717, 1.165) is 5.56 Å². The minimum atomic E-state index is -4.31. The molecule has 220 valence electrons. The lowest BCUT2D eigenvalue weighted by Crippen LogP contribution is -2.56. The van der Waals surface area contributed by atoms with E-state index < -0.39 is 39.9 Å². The molecule has 2 aliphatic heterocycles. The van der Waals surface area contributed by atoms with E-state index in [-0.39, 0.29) is 41.8 Å². The van der Waals surface area contributed by atoms with Gasteiger partial charge in [0.1, 0.15) is 12.1 Å². The van der Waals surface area contributed by atoms with Crippen LogP contribution >= 0.6 is 0 Å². The Morgan fingerprint density at radius 3 is 2.17 bits per heavy atom. The smallest absolute Gasteiger partial charge is 0.335 e. The van der Waals surface area contributed by atoms with Crippen LogP contribution in [0.4, 0.5) is 0 Å². The number of rotatable bonds is 10. The van der Waals surface area contributed by atoms with Crippen molar-refractivity contribution in [2.45, 2.75) is 49.1 Å². The number of sulfonamides is 1. The van der Waals surface area contributed by atoms with Crippen LogP contribution in [0.15, 0.2) is 59.5 Å². The van der Waals surface area contributed by atoms with Crippen LogP contribution in [0, 0.1) is 11.3 Å². The average Bonchev–Trinajstić information content (AvgIpc) is 3.46. The van der Waals surface area contributed by atoms with Crippen molar-refractivity contribution in [3.8, 4) is 0 Å². The Balaban J connectivity index is 1.76. The molecule has 6 N–H and O–H groups in total. The summed E-state index contributed by atoms with van der Waals surface area (Å²) in [5.41, 5.74) is 11.9. The number of carboxylic acids is 1. The summed E-state index contributed by atoms with van der Waals surface area (Å²) in [6, 6.07) is 12.0. The van der Waals surface area contributed by atoms with E-state index in [2.05, 4.69) is 0 Å². The number of carboxylic acid groups (broad SMARTS) is 1. The average molecular weight is 585 g/mol. The van der Waals surface area contributed by atoms with Crippen molar-refractivity contribution in [2.75, 3.05) is 26.2 Å². The SMILES string of the molecule is N=C(N)N1CCC(CN([C@H](Cc2ccccc2)C(=O)N2CCC[C@H]2C(N)=O)S(=O)(=O)c2ccc(C(=O)O)cc2)CC1. The van der Waals surface area contributed by atoms with E-state index >= 15 is 0 Å². The molecule has 2 fully saturated rings. The van der Waals surface area contributed by atoms with Gasteiger partial charge in [-0.25, -0.2) is 13.2 Å². The Hall–Kier alpha value is -3.97. The van der Waals surface area contributed by atoms with Gasteiger partial charge in [-0.15, -0.1) is 0 Å². The fraction of sp³-hybridized carbons (Fsp3) is 0.429. The summed E-state index contributed by atoms with van der Waals surface area (Å²) in [4.78, 5) is 40.7. The number of hydrogen-bond acceptors (Lipinski definition) is 6. The molecule has 0 aromatic heterocycles. The maximum atomic E-state index is 14.3. The molecule has 2 amide bonds. The van der Waals surface area contributed by atoms with Crippen LogP contribution in [0.1, 0.15) is 41.6 Å². The van der Waals surface area contributed by atoms with Crippen LogP contribution in [0.3, 0.4) is 0 Å². The number of hydrogen-bond donors (Lipinski definition) is 4. The van der Waals surface area contributed by atoms with Crippen LogP contribution in [0.25, 0.3) is 0 Å². The largest absolute Gasteiger partial charge is 0.478 e. The van der Waals surface area contributed by atoms with Gasteiger partial charge in [0.15, 0.2) is 5.96 Å². The van der Waals surface area contributed by atoms with E-state index in [1.165, 1.54) is 33.5 Å².